The fourth-order valence-corrected chi connectivity index (χ4v) is 2.28. The van der Waals surface area contributed by atoms with Crippen molar-refractivity contribution in [2.24, 2.45) is 7.05 Å². The molecule has 0 saturated carbocycles. The molecule has 1 aromatic carbocycles. The van der Waals surface area contributed by atoms with Crippen molar-refractivity contribution in [1.82, 2.24) is 9.78 Å². The van der Waals surface area contributed by atoms with Crippen molar-refractivity contribution in [3.05, 3.63) is 51.6 Å². The molecule has 0 bridgehead atoms. The third kappa shape index (κ3) is 2.84. The molecule has 0 fully saturated rings. The monoisotopic (exact) mass is 280 g/mol. The summed E-state index contributed by atoms with van der Waals surface area (Å²) < 4.78 is 14.8. The van der Waals surface area contributed by atoms with E-state index in [4.69, 9.17) is 11.6 Å². The van der Waals surface area contributed by atoms with Crippen LogP contribution in [0.4, 0.5) is 4.39 Å². The van der Waals surface area contributed by atoms with Gasteiger partial charge in [0, 0.05) is 24.6 Å². The van der Waals surface area contributed by atoms with Gasteiger partial charge >= 0.3 is 0 Å². The van der Waals surface area contributed by atoms with Crippen molar-refractivity contribution < 1.29 is 9.18 Å². The van der Waals surface area contributed by atoms with Crippen LogP contribution in [0.2, 0.25) is 5.15 Å². The van der Waals surface area contributed by atoms with Crippen LogP contribution in [-0.2, 0) is 13.5 Å². The summed E-state index contributed by atoms with van der Waals surface area (Å²) in [6, 6.07) is 4.30. The first-order valence-corrected chi connectivity index (χ1v) is 6.24. The Morgan fingerprint density at radius 3 is 2.58 bits per heavy atom. The summed E-state index contributed by atoms with van der Waals surface area (Å²) in [5.41, 5.74) is 2.49. The van der Waals surface area contributed by atoms with E-state index in [9.17, 15) is 9.18 Å². The normalized spacial score (nSPS) is 10.8. The third-order valence-electron chi connectivity index (χ3n) is 2.97. The molecule has 0 amide bonds. The van der Waals surface area contributed by atoms with Gasteiger partial charge in [-0.15, -0.1) is 0 Å². The minimum atomic E-state index is -0.405. The van der Waals surface area contributed by atoms with E-state index >= 15 is 0 Å². The number of hydrogen-bond acceptors (Lipinski definition) is 2. The molecule has 0 spiro atoms. The maximum Gasteiger partial charge on any atom is 0.167 e. The topological polar surface area (TPSA) is 34.9 Å². The molecule has 0 atom stereocenters. The molecule has 0 unspecified atom stereocenters. The number of rotatable bonds is 3. The first kappa shape index (κ1) is 13.7. The minimum absolute atomic E-state index is 0.126. The maximum atomic E-state index is 13.3. The van der Waals surface area contributed by atoms with E-state index in [1.807, 2.05) is 0 Å². The number of nitrogens with zero attached hydrogens (tertiary/aromatic N) is 2. The molecule has 0 aliphatic carbocycles. The van der Waals surface area contributed by atoms with Gasteiger partial charge in [-0.05, 0) is 37.6 Å². The van der Waals surface area contributed by atoms with Gasteiger partial charge in [-0.25, -0.2) is 4.39 Å². The predicted molar refractivity (Wildman–Crippen MR) is 72.1 cm³/mol. The first-order chi connectivity index (χ1) is 8.88. The average molecular weight is 281 g/mol. The number of hydrogen-bond donors (Lipinski definition) is 0. The van der Waals surface area contributed by atoms with E-state index in [-0.39, 0.29) is 12.2 Å². The van der Waals surface area contributed by atoms with Crippen molar-refractivity contribution in [1.29, 1.82) is 0 Å². The Kier molecular flexibility index (Phi) is 3.71. The SMILES string of the molecule is Cc1cc(F)cc(C(=O)Cc2c(C)nn(C)c2Cl)c1. The van der Waals surface area contributed by atoms with Gasteiger partial charge in [-0.3, -0.25) is 9.48 Å². The average Bonchev–Trinajstić information content (AvgIpc) is 2.54. The largest absolute Gasteiger partial charge is 0.294 e. The quantitative estimate of drug-likeness (QED) is 0.809. The van der Waals surface area contributed by atoms with Crippen molar-refractivity contribution >= 4 is 17.4 Å². The molecule has 19 heavy (non-hydrogen) atoms. The van der Waals surface area contributed by atoms with Crippen molar-refractivity contribution in [3.63, 3.8) is 0 Å². The van der Waals surface area contributed by atoms with Crippen LogP contribution in [-0.4, -0.2) is 15.6 Å². The first-order valence-electron chi connectivity index (χ1n) is 5.87. The third-order valence-corrected chi connectivity index (χ3v) is 3.44. The van der Waals surface area contributed by atoms with Gasteiger partial charge in [0.25, 0.3) is 0 Å². The number of carbonyl (C=O) groups is 1. The standard InChI is InChI=1S/C14H14ClFN2O/c1-8-4-10(6-11(16)5-8)13(19)7-12-9(2)17-18(3)14(12)15/h4-6H,7H2,1-3H3. The van der Waals surface area contributed by atoms with Crippen LogP contribution in [0.1, 0.15) is 27.2 Å². The Morgan fingerprint density at radius 2 is 2.05 bits per heavy atom. The zero-order chi connectivity index (χ0) is 14.2. The lowest BCUT2D eigenvalue weighted by Gasteiger charge is -2.03. The summed E-state index contributed by atoms with van der Waals surface area (Å²) >= 11 is 6.08. The van der Waals surface area contributed by atoms with Gasteiger partial charge in [0.05, 0.1) is 5.69 Å². The number of ketones is 1. The smallest absolute Gasteiger partial charge is 0.167 e. The van der Waals surface area contributed by atoms with Gasteiger partial charge in [-0.2, -0.15) is 5.10 Å². The Bertz CT molecular complexity index is 629. The number of halogens is 2. The van der Waals surface area contributed by atoms with Gasteiger partial charge in [0.1, 0.15) is 11.0 Å². The van der Waals surface area contributed by atoms with Gasteiger partial charge < -0.3 is 0 Å². The van der Waals surface area contributed by atoms with E-state index < -0.39 is 5.82 Å². The lowest BCUT2D eigenvalue weighted by atomic mass is 10.0. The lowest BCUT2D eigenvalue weighted by Crippen LogP contribution is -2.05. The van der Waals surface area contributed by atoms with Crippen LogP contribution >= 0.6 is 11.6 Å². The molecule has 1 aromatic heterocycles. The maximum absolute atomic E-state index is 13.3. The van der Waals surface area contributed by atoms with Crippen LogP contribution in [0, 0.1) is 19.7 Å². The van der Waals surface area contributed by atoms with Crippen LogP contribution in [0.3, 0.4) is 0 Å². The highest BCUT2D eigenvalue weighted by atomic mass is 35.5. The predicted octanol–water partition coefficient (Wildman–Crippen LogP) is 3.25. The minimum Gasteiger partial charge on any atom is -0.294 e. The zero-order valence-electron chi connectivity index (χ0n) is 11.0. The van der Waals surface area contributed by atoms with Crippen molar-refractivity contribution in [2.75, 3.05) is 0 Å². The summed E-state index contributed by atoms with van der Waals surface area (Å²) in [6.07, 6.45) is 0.126. The molecule has 0 N–H and O–H groups in total. The van der Waals surface area contributed by atoms with Crippen LogP contribution in [0.5, 0.6) is 0 Å². The fraction of sp³-hybridized carbons (Fsp3) is 0.286. The number of aromatic nitrogens is 2. The van der Waals surface area contributed by atoms with Gasteiger partial charge in [0.2, 0.25) is 0 Å². The molecule has 2 rings (SSSR count). The Balaban J connectivity index is 2.30. The number of Topliss-reactive ketones (excluding diaryl/α,β-unsaturated/α-hetero) is 1. The summed E-state index contributed by atoms with van der Waals surface area (Å²) in [7, 11) is 1.72. The highest BCUT2D eigenvalue weighted by Crippen LogP contribution is 2.21. The summed E-state index contributed by atoms with van der Waals surface area (Å²) in [5, 5.41) is 4.59. The summed E-state index contributed by atoms with van der Waals surface area (Å²) in [6.45, 7) is 3.55. The molecule has 0 aliphatic heterocycles. The molecule has 0 saturated heterocycles. The van der Waals surface area contributed by atoms with E-state index in [1.54, 1.807) is 27.0 Å². The molecule has 0 aliphatic rings. The molecule has 1 heterocycles. The van der Waals surface area contributed by atoms with Crippen molar-refractivity contribution in [3.8, 4) is 0 Å². The number of benzene rings is 1. The molecule has 3 nitrogen and oxygen atoms in total. The number of aryl methyl sites for hydroxylation is 3. The second-order valence-electron chi connectivity index (χ2n) is 4.60. The van der Waals surface area contributed by atoms with Crippen LogP contribution in [0.15, 0.2) is 18.2 Å². The van der Waals surface area contributed by atoms with E-state index in [0.29, 0.717) is 22.0 Å². The Hall–Kier alpha value is -1.68. The molecular formula is C14H14ClFN2O. The highest BCUT2D eigenvalue weighted by Gasteiger charge is 2.16. The summed E-state index contributed by atoms with van der Waals surface area (Å²) in [4.78, 5) is 12.2. The van der Waals surface area contributed by atoms with Crippen LogP contribution < -0.4 is 0 Å². The van der Waals surface area contributed by atoms with Gasteiger partial charge in [0.15, 0.2) is 5.78 Å². The Labute approximate surface area is 116 Å². The molecule has 5 heteroatoms. The Morgan fingerprint density at radius 1 is 1.37 bits per heavy atom. The van der Waals surface area contributed by atoms with E-state index in [0.717, 1.165) is 5.56 Å². The van der Waals surface area contributed by atoms with Gasteiger partial charge in [-0.1, -0.05) is 11.6 Å². The summed E-state index contributed by atoms with van der Waals surface area (Å²) in [5.74, 6) is -0.571. The van der Waals surface area contributed by atoms with Crippen molar-refractivity contribution in [2.45, 2.75) is 20.3 Å². The van der Waals surface area contributed by atoms with E-state index in [2.05, 4.69) is 5.10 Å². The van der Waals surface area contributed by atoms with Crippen LogP contribution in [0.25, 0.3) is 0 Å². The second kappa shape index (κ2) is 5.13. The second-order valence-corrected chi connectivity index (χ2v) is 4.95. The van der Waals surface area contributed by atoms with E-state index in [1.165, 1.54) is 16.8 Å². The lowest BCUT2D eigenvalue weighted by molar-refractivity contribution is 0.0992. The molecular weight excluding hydrogens is 267 g/mol. The zero-order valence-corrected chi connectivity index (χ0v) is 11.8. The number of carbonyl (C=O) groups excluding carboxylic acids is 1. The fourth-order valence-electron chi connectivity index (χ4n) is 2.03. The molecule has 100 valence electrons. The molecule has 0 radical (unpaired) electrons. The molecule has 2 aromatic rings. The highest BCUT2D eigenvalue weighted by molar-refractivity contribution is 6.30.